The van der Waals surface area contributed by atoms with Crippen LogP contribution in [0.4, 0.5) is 5.69 Å². The standard InChI is InChI=1S/C23H23N5O2S/c29-30-16-17-4-6-18(7-5-17)22-25-26-23(31-22)19-14-24-28(15-19)21-10-8-20(9-11-21)27-12-2-1-3-13-27/h4-11,14-15,29H,1-3,12-13,16H2. The van der Waals surface area contributed by atoms with Crippen molar-refractivity contribution < 1.29 is 10.1 Å². The van der Waals surface area contributed by atoms with Crippen LogP contribution in [0.15, 0.2) is 60.9 Å². The number of aromatic nitrogens is 4. The van der Waals surface area contributed by atoms with Crippen LogP contribution in [0.1, 0.15) is 24.8 Å². The van der Waals surface area contributed by atoms with Crippen molar-refractivity contribution in [3.05, 3.63) is 66.5 Å². The lowest BCUT2D eigenvalue weighted by Crippen LogP contribution is -2.29. The average molecular weight is 434 g/mol. The molecule has 4 aromatic rings. The Bertz CT molecular complexity index is 1130. The zero-order valence-corrected chi connectivity index (χ0v) is 17.8. The summed E-state index contributed by atoms with van der Waals surface area (Å²) in [5.41, 5.74) is 5.11. The van der Waals surface area contributed by atoms with E-state index in [9.17, 15) is 0 Å². The Labute approximate surface area is 184 Å². The molecule has 0 bridgehead atoms. The van der Waals surface area contributed by atoms with Crippen LogP contribution in [-0.4, -0.2) is 38.3 Å². The second kappa shape index (κ2) is 8.97. The van der Waals surface area contributed by atoms with E-state index in [4.69, 9.17) is 5.26 Å². The molecule has 1 N–H and O–H groups in total. The highest BCUT2D eigenvalue weighted by atomic mass is 32.1. The van der Waals surface area contributed by atoms with Gasteiger partial charge in [-0.05, 0) is 49.1 Å². The van der Waals surface area contributed by atoms with E-state index >= 15 is 0 Å². The quantitative estimate of drug-likeness (QED) is 0.339. The number of hydrogen-bond acceptors (Lipinski definition) is 7. The van der Waals surface area contributed by atoms with Crippen LogP contribution >= 0.6 is 11.3 Å². The zero-order valence-electron chi connectivity index (χ0n) is 17.0. The highest BCUT2D eigenvalue weighted by Gasteiger charge is 2.13. The summed E-state index contributed by atoms with van der Waals surface area (Å²) in [6.07, 6.45) is 7.69. The minimum absolute atomic E-state index is 0.167. The number of rotatable bonds is 6. The molecule has 5 rings (SSSR count). The average Bonchev–Trinajstić information content (AvgIpc) is 3.51. The van der Waals surface area contributed by atoms with Crippen LogP contribution < -0.4 is 4.90 Å². The minimum Gasteiger partial charge on any atom is -0.372 e. The van der Waals surface area contributed by atoms with Gasteiger partial charge in [0.15, 0.2) is 5.01 Å². The molecule has 1 aliphatic heterocycles. The van der Waals surface area contributed by atoms with E-state index in [-0.39, 0.29) is 6.61 Å². The Hall–Kier alpha value is -3.07. The molecule has 0 unspecified atom stereocenters. The SMILES string of the molecule is OOCc1ccc(-c2nnc(-c3cnn(-c4ccc(N5CCCCC5)cc4)c3)s2)cc1. The third-order valence-corrected chi connectivity index (χ3v) is 6.54. The molecule has 1 aliphatic rings. The van der Waals surface area contributed by atoms with Crippen molar-refractivity contribution in [2.75, 3.05) is 18.0 Å². The Kier molecular flexibility index (Phi) is 5.75. The van der Waals surface area contributed by atoms with Gasteiger partial charge in [-0.25, -0.2) is 9.57 Å². The van der Waals surface area contributed by atoms with Gasteiger partial charge in [0.1, 0.15) is 11.6 Å². The van der Waals surface area contributed by atoms with E-state index in [2.05, 4.69) is 49.3 Å². The fourth-order valence-corrected chi connectivity index (χ4v) is 4.64. The van der Waals surface area contributed by atoms with Crippen LogP contribution in [-0.2, 0) is 11.5 Å². The monoisotopic (exact) mass is 433 g/mol. The second-order valence-electron chi connectivity index (χ2n) is 7.62. The summed E-state index contributed by atoms with van der Waals surface area (Å²) < 4.78 is 1.88. The predicted octanol–water partition coefficient (Wildman–Crippen LogP) is 5.04. The lowest BCUT2D eigenvalue weighted by Gasteiger charge is -2.28. The lowest BCUT2D eigenvalue weighted by atomic mass is 10.1. The van der Waals surface area contributed by atoms with Gasteiger partial charge >= 0.3 is 0 Å². The summed E-state index contributed by atoms with van der Waals surface area (Å²) in [5, 5.41) is 23.4. The highest BCUT2D eigenvalue weighted by Crippen LogP contribution is 2.30. The molecule has 158 valence electrons. The van der Waals surface area contributed by atoms with Gasteiger partial charge in [0, 0.05) is 30.5 Å². The van der Waals surface area contributed by atoms with Crippen molar-refractivity contribution in [2.45, 2.75) is 25.9 Å². The Morgan fingerprint density at radius 2 is 1.52 bits per heavy atom. The number of piperidine rings is 1. The van der Waals surface area contributed by atoms with Gasteiger partial charge in [0.2, 0.25) is 0 Å². The summed E-state index contributed by atoms with van der Waals surface area (Å²) in [5.74, 6) is 0. The zero-order chi connectivity index (χ0) is 21.0. The molecule has 0 radical (unpaired) electrons. The van der Waals surface area contributed by atoms with E-state index < -0.39 is 0 Å². The predicted molar refractivity (Wildman–Crippen MR) is 121 cm³/mol. The number of anilines is 1. The van der Waals surface area contributed by atoms with E-state index in [1.54, 1.807) is 0 Å². The van der Waals surface area contributed by atoms with Crippen molar-refractivity contribution in [3.8, 4) is 26.8 Å². The molecule has 7 nitrogen and oxygen atoms in total. The van der Waals surface area contributed by atoms with Crippen LogP contribution in [0, 0.1) is 0 Å². The second-order valence-corrected chi connectivity index (χ2v) is 8.60. The molecular weight excluding hydrogens is 410 g/mol. The van der Waals surface area contributed by atoms with Gasteiger partial charge in [-0.1, -0.05) is 35.6 Å². The van der Waals surface area contributed by atoms with Crippen LogP contribution in [0.2, 0.25) is 0 Å². The molecule has 31 heavy (non-hydrogen) atoms. The van der Waals surface area contributed by atoms with Gasteiger partial charge in [0.05, 0.1) is 17.4 Å². The fraction of sp³-hybridized carbons (Fsp3) is 0.261. The summed E-state index contributed by atoms with van der Waals surface area (Å²) in [6, 6.07) is 16.3. The summed E-state index contributed by atoms with van der Waals surface area (Å²) >= 11 is 1.53. The molecule has 0 spiro atoms. The van der Waals surface area contributed by atoms with E-state index in [0.717, 1.165) is 45.5 Å². The van der Waals surface area contributed by atoms with Gasteiger partial charge in [-0.15, -0.1) is 10.2 Å². The molecule has 0 saturated carbocycles. The molecule has 1 fully saturated rings. The first-order chi connectivity index (χ1) is 15.3. The molecule has 0 atom stereocenters. The van der Waals surface area contributed by atoms with Crippen molar-refractivity contribution in [1.82, 2.24) is 20.0 Å². The number of hydrogen-bond donors (Lipinski definition) is 1. The summed E-state index contributed by atoms with van der Waals surface area (Å²) in [7, 11) is 0. The third-order valence-electron chi connectivity index (χ3n) is 5.52. The molecule has 8 heteroatoms. The Balaban J connectivity index is 1.31. The maximum Gasteiger partial charge on any atom is 0.151 e. The molecule has 0 amide bonds. The van der Waals surface area contributed by atoms with Crippen LogP contribution in [0.3, 0.4) is 0 Å². The highest BCUT2D eigenvalue weighted by molar-refractivity contribution is 7.17. The van der Waals surface area contributed by atoms with Gasteiger partial charge in [0.25, 0.3) is 0 Å². The van der Waals surface area contributed by atoms with Gasteiger partial charge < -0.3 is 4.90 Å². The van der Waals surface area contributed by atoms with Gasteiger partial charge in [-0.3, -0.25) is 5.26 Å². The van der Waals surface area contributed by atoms with Crippen molar-refractivity contribution in [2.24, 2.45) is 0 Å². The molecule has 2 aromatic heterocycles. The van der Waals surface area contributed by atoms with Crippen molar-refractivity contribution in [1.29, 1.82) is 0 Å². The maximum absolute atomic E-state index is 8.56. The molecular formula is C23H23N5O2S. The fourth-order valence-electron chi connectivity index (χ4n) is 3.82. The molecule has 3 heterocycles. The normalized spacial score (nSPS) is 14.2. The smallest absolute Gasteiger partial charge is 0.151 e. The lowest BCUT2D eigenvalue weighted by molar-refractivity contribution is -0.253. The van der Waals surface area contributed by atoms with Crippen LogP contribution in [0.5, 0.6) is 0 Å². The molecule has 0 aliphatic carbocycles. The van der Waals surface area contributed by atoms with E-state index in [1.807, 2.05) is 41.3 Å². The molecule has 1 saturated heterocycles. The van der Waals surface area contributed by atoms with Crippen molar-refractivity contribution >= 4 is 17.0 Å². The van der Waals surface area contributed by atoms with Crippen molar-refractivity contribution in [3.63, 3.8) is 0 Å². The van der Waals surface area contributed by atoms with E-state index in [0.29, 0.717) is 0 Å². The Morgan fingerprint density at radius 1 is 0.839 bits per heavy atom. The number of nitrogens with zero attached hydrogens (tertiary/aromatic N) is 5. The third kappa shape index (κ3) is 4.36. The topological polar surface area (TPSA) is 76.3 Å². The van der Waals surface area contributed by atoms with Gasteiger partial charge in [-0.2, -0.15) is 5.10 Å². The molecule has 2 aromatic carbocycles. The Morgan fingerprint density at radius 3 is 2.23 bits per heavy atom. The van der Waals surface area contributed by atoms with E-state index in [1.165, 1.54) is 36.3 Å². The summed E-state index contributed by atoms with van der Waals surface area (Å²) in [4.78, 5) is 6.63. The van der Waals surface area contributed by atoms with Crippen LogP contribution in [0.25, 0.3) is 26.8 Å². The minimum atomic E-state index is 0.167. The maximum atomic E-state index is 8.56. The first-order valence-electron chi connectivity index (χ1n) is 10.4. The first kappa shape index (κ1) is 19.9. The largest absolute Gasteiger partial charge is 0.372 e. The number of benzene rings is 2. The first-order valence-corrected chi connectivity index (χ1v) is 11.2. The summed E-state index contributed by atoms with van der Waals surface area (Å²) in [6.45, 7) is 2.45.